The quantitative estimate of drug-likeness (QED) is 0.662. The molecule has 1 aliphatic rings. The fourth-order valence-corrected chi connectivity index (χ4v) is 3.66. The summed E-state index contributed by atoms with van der Waals surface area (Å²) in [6.07, 6.45) is 2.50. The van der Waals surface area contributed by atoms with Gasteiger partial charge in [0, 0.05) is 29.1 Å². The summed E-state index contributed by atoms with van der Waals surface area (Å²) in [5.74, 6) is 0.766. The second-order valence-electron chi connectivity index (χ2n) is 6.90. The van der Waals surface area contributed by atoms with Gasteiger partial charge in [0.15, 0.2) is 0 Å². The van der Waals surface area contributed by atoms with Crippen LogP contribution in [0.4, 0.5) is 8.63 Å². The van der Waals surface area contributed by atoms with E-state index in [1.807, 2.05) is 51.1 Å². The molecule has 27 heavy (non-hydrogen) atoms. The number of aliphatic imine (C=N–C) groups is 1. The van der Waals surface area contributed by atoms with Crippen LogP contribution in [0.3, 0.4) is 0 Å². The number of methoxy groups -OCH3 is 1. The van der Waals surface area contributed by atoms with Crippen LogP contribution in [-0.4, -0.2) is 24.7 Å². The van der Waals surface area contributed by atoms with Gasteiger partial charge >= 0.3 is 7.40 Å². The van der Waals surface area contributed by atoms with E-state index in [-0.39, 0.29) is 0 Å². The highest BCUT2D eigenvalue weighted by Gasteiger charge is 2.28. The first kappa shape index (κ1) is 19.1. The van der Waals surface area contributed by atoms with E-state index in [1.165, 1.54) is 0 Å². The minimum absolute atomic E-state index is 0.512. The van der Waals surface area contributed by atoms with Crippen LogP contribution in [0.15, 0.2) is 52.7 Å². The van der Waals surface area contributed by atoms with Gasteiger partial charge in [0.2, 0.25) is 0 Å². The van der Waals surface area contributed by atoms with Crippen LogP contribution in [0.5, 0.6) is 5.75 Å². The van der Waals surface area contributed by atoms with E-state index in [0.29, 0.717) is 17.8 Å². The number of ether oxygens (including phenoxy) is 1. The van der Waals surface area contributed by atoms with Crippen LogP contribution >= 0.6 is 0 Å². The number of hydrogen-bond acceptors (Lipinski definition) is 2. The second kappa shape index (κ2) is 7.55. The maximum Gasteiger partial charge on any atom is 0.677 e. The summed E-state index contributed by atoms with van der Waals surface area (Å²) >= 11 is 0. The molecule has 6 heteroatoms. The molecule has 1 aromatic carbocycles. The van der Waals surface area contributed by atoms with Gasteiger partial charge in [-0.3, -0.25) is 13.6 Å². The van der Waals surface area contributed by atoms with E-state index in [0.717, 1.165) is 43.9 Å². The maximum atomic E-state index is 13.8. The molecule has 0 unspecified atom stereocenters. The van der Waals surface area contributed by atoms with Crippen molar-refractivity contribution in [3.05, 3.63) is 70.2 Å². The number of benzene rings is 1. The van der Waals surface area contributed by atoms with Gasteiger partial charge in [-0.05, 0) is 68.7 Å². The van der Waals surface area contributed by atoms with Crippen molar-refractivity contribution in [1.82, 2.24) is 4.48 Å². The predicted molar refractivity (Wildman–Crippen MR) is 108 cm³/mol. The molecule has 0 saturated heterocycles. The average Bonchev–Trinajstić information content (AvgIpc) is 3.10. The van der Waals surface area contributed by atoms with Gasteiger partial charge < -0.3 is 9.21 Å². The molecule has 2 aromatic rings. The zero-order valence-corrected chi connectivity index (χ0v) is 16.3. The highest BCUT2D eigenvalue weighted by atomic mass is 19.2. The van der Waals surface area contributed by atoms with Gasteiger partial charge in [-0.15, -0.1) is 0 Å². The summed E-state index contributed by atoms with van der Waals surface area (Å²) in [5, 5.41) is 0. The molecule has 0 saturated carbocycles. The SMILES string of the molecule is COc1ccc(C/C(=C2\N=C(C)C=C2C)c2c(C)cc(C)n2B(F)F)cc1. The molecule has 2 heterocycles. The molecule has 0 atom stereocenters. The Hall–Kier alpha value is -2.63. The van der Waals surface area contributed by atoms with Crippen LogP contribution < -0.4 is 4.74 Å². The minimum Gasteiger partial charge on any atom is -0.497 e. The fourth-order valence-electron chi connectivity index (χ4n) is 3.66. The average molecular weight is 368 g/mol. The summed E-state index contributed by atoms with van der Waals surface area (Å²) in [6, 6.07) is 9.49. The Morgan fingerprint density at radius 1 is 1.11 bits per heavy atom. The van der Waals surface area contributed by atoms with Crippen molar-refractivity contribution in [3.8, 4) is 5.75 Å². The first-order chi connectivity index (χ1) is 12.8. The number of aryl methyl sites for hydroxylation is 2. The van der Waals surface area contributed by atoms with E-state index >= 15 is 0 Å². The Bertz CT molecular complexity index is 953. The molecule has 0 N–H and O–H groups in total. The zero-order chi connectivity index (χ0) is 19.7. The zero-order valence-electron chi connectivity index (χ0n) is 16.3. The molecule has 0 radical (unpaired) electrons. The Kier molecular flexibility index (Phi) is 5.35. The highest BCUT2D eigenvalue weighted by Crippen LogP contribution is 2.35. The largest absolute Gasteiger partial charge is 0.677 e. The summed E-state index contributed by atoms with van der Waals surface area (Å²) < 4.78 is 34.0. The third kappa shape index (κ3) is 3.75. The standard InChI is InChI=1S/C21H23BF2N2O/c1-13-10-15(3)25-20(13)19(12-17-6-8-18(27-5)9-7-17)21-14(2)11-16(4)26(21)22(23)24/h6-11H,12H2,1-5H3/b20-19+. The van der Waals surface area contributed by atoms with Crippen molar-refractivity contribution in [3.63, 3.8) is 0 Å². The van der Waals surface area contributed by atoms with Crippen LogP contribution in [0, 0.1) is 13.8 Å². The molecular weight excluding hydrogens is 345 g/mol. The topological polar surface area (TPSA) is 26.5 Å². The fraction of sp³-hybridized carbons (Fsp3) is 0.286. The molecule has 0 amide bonds. The smallest absolute Gasteiger partial charge is 0.497 e. The lowest BCUT2D eigenvalue weighted by molar-refractivity contribution is 0.414. The third-order valence-electron chi connectivity index (χ3n) is 4.81. The number of aromatic nitrogens is 1. The van der Waals surface area contributed by atoms with Gasteiger partial charge in [0.25, 0.3) is 0 Å². The minimum atomic E-state index is -2.60. The molecule has 0 bridgehead atoms. The lowest BCUT2D eigenvalue weighted by Crippen LogP contribution is -2.18. The van der Waals surface area contributed by atoms with Crippen LogP contribution in [0.25, 0.3) is 5.57 Å². The molecule has 0 fully saturated rings. The molecule has 3 rings (SSSR count). The monoisotopic (exact) mass is 368 g/mol. The number of rotatable bonds is 5. The lowest BCUT2D eigenvalue weighted by atomic mass is 9.95. The highest BCUT2D eigenvalue weighted by molar-refractivity contribution is 6.41. The van der Waals surface area contributed by atoms with Crippen molar-refractivity contribution < 1.29 is 13.4 Å². The Morgan fingerprint density at radius 2 is 1.78 bits per heavy atom. The number of hydrogen-bond donors (Lipinski definition) is 0. The van der Waals surface area contributed by atoms with E-state index in [2.05, 4.69) is 4.99 Å². The van der Waals surface area contributed by atoms with Crippen molar-refractivity contribution in [2.45, 2.75) is 34.1 Å². The summed E-state index contributed by atoms with van der Waals surface area (Å²) in [4.78, 5) is 4.65. The first-order valence-electron chi connectivity index (χ1n) is 8.88. The Balaban J connectivity index is 2.19. The molecule has 0 aliphatic carbocycles. The summed E-state index contributed by atoms with van der Waals surface area (Å²) in [7, 11) is -0.982. The van der Waals surface area contributed by atoms with Crippen molar-refractivity contribution in [1.29, 1.82) is 0 Å². The van der Waals surface area contributed by atoms with Gasteiger partial charge in [0.05, 0.1) is 12.8 Å². The van der Waals surface area contributed by atoms with Gasteiger partial charge in [-0.2, -0.15) is 0 Å². The van der Waals surface area contributed by atoms with Crippen molar-refractivity contribution >= 4 is 18.7 Å². The molecule has 1 aromatic heterocycles. The Morgan fingerprint density at radius 3 is 2.30 bits per heavy atom. The lowest BCUT2D eigenvalue weighted by Gasteiger charge is -2.16. The van der Waals surface area contributed by atoms with Gasteiger partial charge in [-0.1, -0.05) is 12.1 Å². The summed E-state index contributed by atoms with van der Waals surface area (Å²) in [6.45, 7) is 7.48. The third-order valence-corrected chi connectivity index (χ3v) is 4.81. The van der Waals surface area contributed by atoms with E-state index in [9.17, 15) is 8.63 Å². The molecular formula is C21H23BF2N2O. The van der Waals surface area contributed by atoms with E-state index in [1.54, 1.807) is 20.1 Å². The van der Waals surface area contributed by atoms with Crippen LogP contribution in [0.1, 0.15) is 36.4 Å². The van der Waals surface area contributed by atoms with Gasteiger partial charge in [0.1, 0.15) is 5.75 Å². The maximum absolute atomic E-state index is 13.8. The number of nitrogens with zero attached hydrogens (tertiary/aromatic N) is 2. The summed E-state index contributed by atoms with van der Waals surface area (Å²) in [5.41, 5.74) is 6.43. The number of allylic oxidation sites excluding steroid dienone is 3. The van der Waals surface area contributed by atoms with Crippen LogP contribution in [0.2, 0.25) is 0 Å². The second-order valence-corrected chi connectivity index (χ2v) is 6.90. The van der Waals surface area contributed by atoms with Crippen LogP contribution in [-0.2, 0) is 6.42 Å². The van der Waals surface area contributed by atoms with Gasteiger partial charge in [-0.25, -0.2) is 0 Å². The van der Waals surface area contributed by atoms with Crippen molar-refractivity contribution in [2.75, 3.05) is 7.11 Å². The molecule has 1 aliphatic heterocycles. The van der Waals surface area contributed by atoms with Crippen molar-refractivity contribution in [2.24, 2.45) is 4.99 Å². The number of halogens is 2. The molecule has 3 nitrogen and oxygen atoms in total. The molecule has 0 spiro atoms. The normalized spacial score (nSPS) is 15.5. The predicted octanol–water partition coefficient (Wildman–Crippen LogP) is 5.26. The van der Waals surface area contributed by atoms with E-state index in [4.69, 9.17) is 4.74 Å². The molecule has 140 valence electrons. The Labute approximate surface area is 159 Å². The van der Waals surface area contributed by atoms with E-state index < -0.39 is 7.40 Å². The first-order valence-corrected chi connectivity index (χ1v) is 8.88.